The van der Waals surface area contributed by atoms with Gasteiger partial charge in [0.2, 0.25) is 5.60 Å². The summed E-state index contributed by atoms with van der Waals surface area (Å²) in [6, 6.07) is 9.79. The molecule has 0 aromatic heterocycles. The Hall–Kier alpha value is -3.15. The number of rotatable bonds is 2. The lowest BCUT2D eigenvalue weighted by molar-refractivity contribution is -0.147. The van der Waals surface area contributed by atoms with Gasteiger partial charge in [-0.3, -0.25) is 9.59 Å². The van der Waals surface area contributed by atoms with Gasteiger partial charge in [0.05, 0.1) is 6.26 Å². The highest BCUT2D eigenvalue weighted by Gasteiger charge is 2.64. The summed E-state index contributed by atoms with van der Waals surface area (Å²) >= 11 is 0. The van der Waals surface area contributed by atoms with Crippen molar-refractivity contribution in [2.24, 2.45) is 29.6 Å². The topological polar surface area (TPSA) is 81.7 Å². The van der Waals surface area contributed by atoms with Gasteiger partial charge in [-0.25, -0.2) is 4.79 Å². The summed E-state index contributed by atoms with van der Waals surface area (Å²) in [7, 11) is 0. The zero-order valence-corrected chi connectivity index (χ0v) is 20.2. The second-order valence-corrected chi connectivity index (χ2v) is 9.87. The smallest absolute Gasteiger partial charge is 0.416 e. The van der Waals surface area contributed by atoms with E-state index in [9.17, 15) is 14.4 Å². The zero-order chi connectivity index (χ0) is 24.5. The Kier molecular flexibility index (Phi) is 6.78. The van der Waals surface area contributed by atoms with E-state index >= 15 is 0 Å². The minimum absolute atomic E-state index is 0.0110. The van der Waals surface area contributed by atoms with Crippen molar-refractivity contribution in [1.29, 1.82) is 0 Å². The molecular weight excluding hydrogens is 430 g/mol. The van der Waals surface area contributed by atoms with Crippen molar-refractivity contribution in [3.05, 3.63) is 72.0 Å². The molecule has 2 aliphatic heterocycles. The monoisotopic (exact) mass is 463 g/mol. The lowest BCUT2D eigenvalue weighted by Gasteiger charge is -2.44. The predicted molar refractivity (Wildman–Crippen MR) is 129 cm³/mol. The molecule has 2 heterocycles. The van der Waals surface area contributed by atoms with E-state index in [1.54, 1.807) is 13.0 Å². The van der Waals surface area contributed by atoms with Crippen LogP contribution >= 0.6 is 0 Å². The summed E-state index contributed by atoms with van der Waals surface area (Å²) in [5.74, 6) is -1.57. The Labute approximate surface area is 201 Å². The van der Waals surface area contributed by atoms with Gasteiger partial charge in [0, 0.05) is 29.7 Å². The van der Waals surface area contributed by atoms with Crippen molar-refractivity contribution in [2.75, 3.05) is 0 Å². The normalized spacial score (nSPS) is 37.9. The van der Waals surface area contributed by atoms with Crippen molar-refractivity contribution in [3.63, 3.8) is 0 Å². The molecule has 1 aromatic rings. The third kappa shape index (κ3) is 4.33. The van der Waals surface area contributed by atoms with Crippen LogP contribution in [-0.4, -0.2) is 29.5 Å². The third-order valence-electron chi connectivity index (χ3n) is 7.64. The number of ether oxygens (including phenoxy) is 2. The molecule has 1 aromatic carbocycles. The van der Waals surface area contributed by atoms with Gasteiger partial charge in [0.1, 0.15) is 5.78 Å². The van der Waals surface area contributed by atoms with E-state index in [4.69, 9.17) is 9.47 Å². The van der Waals surface area contributed by atoms with E-state index in [0.717, 1.165) is 11.1 Å². The molecule has 0 radical (unpaired) electrons. The van der Waals surface area contributed by atoms with E-state index in [2.05, 4.69) is 19.2 Å². The summed E-state index contributed by atoms with van der Waals surface area (Å²) in [5, 5.41) is 3.14. The number of benzene rings is 1. The first-order valence-electron chi connectivity index (χ1n) is 12.0. The van der Waals surface area contributed by atoms with Crippen LogP contribution in [0.1, 0.15) is 39.7 Å². The number of Topliss-reactive ketones (excluding diaryl/α,β-unsaturated/α-hetero) is 1. The van der Waals surface area contributed by atoms with Crippen molar-refractivity contribution >= 4 is 17.8 Å². The van der Waals surface area contributed by atoms with Crippen LogP contribution in [0, 0.1) is 29.6 Å². The number of ketones is 1. The third-order valence-corrected chi connectivity index (χ3v) is 7.64. The summed E-state index contributed by atoms with van der Waals surface area (Å²) in [6.45, 7) is 7.80. The van der Waals surface area contributed by atoms with Crippen molar-refractivity contribution in [1.82, 2.24) is 5.32 Å². The quantitative estimate of drug-likeness (QED) is 0.505. The molecule has 34 heavy (non-hydrogen) atoms. The summed E-state index contributed by atoms with van der Waals surface area (Å²) in [6.07, 6.45) is 8.85. The SMILES string of the molecule is CC1=C[C@H]2/C=C/C[C@@H](C)C(=O)[C@H](C)/C=C/OC(=O)O[C@@]23C(=O)N[C@H](Cc2ccccc2)[C@H]3[C@H]1C. The van der Waals surface area contributed by atoms with Crippen LogP contribution in [0.15, 0.2) is 66.5 Å². The zero-order valence-electron chi connectivity index (χ0n) is 20.2. The highest BCUT2D eigenvalue weighted by atomic mass is 16.7. The van der Waals surface area contributed by atoms with E-state index < -0.39 is 23.6 Å². The van der Waals surface area contributed by atoms with Crippen LogP contribution in [0.3, 0.4) is 0 Å². The fourth-order valence-corrected chi connectivity index (χ4v) is 5.65. The van der Waals surface area contributed by atoms with Crippen LogP contribution in [0.5, 0.6) is 0 Å². The lowest BCUT2D eigenvalue weighted by atomic mass is 9.63. The minimum Gasteiger partial charge on any atom is -0.416 e. The average molecular weight is 464 g/mol. The minimum atomic E-state index is -1.42. The molecule has 1 fully saturated rings. The second-order valence-electron chi connectivity index (χ2n) is 9.87. The fraction of sp³-hybridized carbons (Fsp3) is 0.464. The van der Waals surface area contributed by atoms with Gasteiger partial charge in [-0.1, -0.05) is 74.9 Å². The molecule has 180 valence electrons. The Balaban J connectivity index is 1.77. The van der Waals surface area contributed by atoms with Gasteiger partial charge in [-0.15, -0.1) is 0 Å². The van der Waals surface area contributed by atoms with Gasteiger partial charge in [0.15, 0.2) is 0 Å². The van der Waals surface area contributed by atoms with Crippen molar-refractivity contribution < 1.29 is 23.9 Å². The van der Waals surface area contributed by atoms with Crippen molar-refractivity contribution in [3.8, 4) is 0 Å². The Morgan fingerprint density at radius 3 is 2.53 bits per heavy atom. The Morgan fingerprint density at radius 1 is 1.06 bits per heavy atom. The molecule has 1 N–H and O–H groups in total. The fourth-order valence-electron chi connectivity index (χ4n) is 5.65. The maximum Gasteiger partial charge on any atom is 0.514 e. The predicted octanol–water partition coefficient (Wildman–Crippen LogP) is 4.76. The lowest BCUT2D eigenvalue weighted by Crippen LogP contribution is -2.56. The number of nitrogens with one attached hydrogen (secondary N) is 1. The van der Waals surface area contributed by atoms with Crippen LogP contribution < -0.4 is 5.32 Å². The first-order valence-corrected chi connectivity index (χ1v) is 12.0. The van der Waals surface area contributed by atoms with Crippen LogP contribution in [0.4, 0.5) is 4.79 Å². The first-order chi connectivity index (χ1) is 16.2. The number of carbonyl (C=O) groups is 3. The molecule has 4 rings (SSSR count). The summed E-state index contributed by atoms with van der Waals surface area (Å²) < 4.78 is 11.2. The second kappa shape index (κ2) is 9.61. The highest BCUT2D eigenvalue weighted by molar-refractivity contribution is 5.92. The van der Waals surface area contributed by atoms with Crippen molar-refractivity contribution in [2.45, 2.75) is 52.2 Å². The summed E-state index contributed by atoms with van der Waals surface area (Å²) in [5.41, 5.74) is 0.823. The molecule has 0 bridgehead atoms. The molecule has 6 heteroatoms. The molecule has 1 amide bonds. The van der Waals surface area contributed by atoms with E-state index in [-0.39, 0.29) is 35.5 Å². The van der Waals surface area contributed by atoms with Crippen LogP contribution in [0.2, 0.25) is 0 Å². The van der Waals surface area contributed by atoms with Gasteiger partial charge in [0.25, 0.3) is 5.91 Å². The van der Waals surface area contributed by atoms with Gasteiger partial charge in [-0.2, -0.15) is 0 Å². The summed E-state index contributed by atoms with van der Waals surface area (Å²) in [4.78, 5) is 39.1. The number of cyclic esters (lactones) is 1. The largest absolute Gasteiger partial charge is 0.514 e. The number of carbonyl (C=O) groups excluding carboxylic acids is 3. The molecule has 0 saturated carbocycles. The number of hydrogen-bond acceptors (Lipinski definition) is 5. The molecule has 3 aliphatic rings. The van der Waals surface area contributed by atoms with Crippen LogP contribution in [-0.2, 0) is 25.5 Å². The number of amides is 1. The average Bonchev–Trinajstić information content (AvgIpc) is 3.08. The molecular formula is C28H33NO5. The van der Waals surface area contributed by atoms with Gasteiger partial charge >= 0.3 is 6.16 Å². The van der Waals surface area contributed by atoms with E-state index in [1.165, 1.54) is 6.26 Å². The molecule has 0 unspecified atom stereocenters. The van der Waals surface area contributed by atoms with E-state index in [0.29, 0.717) is 12.8 Å². The first kappa shape index (κ1) is 24.0. The number of hydrogen-bond donors (Lipinski definition) is 1. The molecule has 1 aliphatic carbocycles. The standard InChI is InChI=1S/C28H33NO5/c1-17-9-8-12-22-15-19(3)20(4)24-23(16-21-10-6-5-7-11-21)29-26(31)28(22,24)34-27(32)33-14-13-18(2)25(17)30/h5-8,10-15,17-18,20,22-24H,9,16H2,1-4H3,(H,29,31)/b12-8+,14-13+/t17-,18-,20+,22-,23-,24-,28+/m1/s1. The maximum atomic E-state index is 13.6. The molecule has 6 nitrogen and oxygen atoms in total. The molecule has 1 spiro atoms. The Bertz CT molecular complexity index is 1040. The van der Waals surface area contributed by atoms with Gasteiger partial charge in [-0.05, 0) is 37.3 Å². The maximum absolute atomic E-state index is 13.6. The molecule has 7 atom stereocenters. The highest BCUT2D eigenvalue weighted by Crippen LogP contribution is 2.50. The van der Waals surface area contributed by atoms with Gasteiger partial charge < -0.3 is 14.8 Å². The van der Waals surface area contributed by atoms with E-state index in [1.807, 2.05) is 55.5 Å². The molecule has 1 saturated heterocycles. The Morgan fingerprint density at radius 2 is 1.79 bits per heavy atom. The van der Waals surface area contributed by atoms with Crippen LogP contribution in [0.25, 0.3) is 0 Å². The number of allylic oxidation sites excluding steroid dienone is 3.